The fraction of sp³-hybridized carbons (Fsp3) is 0.0455. The van der Waals surface area contributed by atoms with E-state index in [-0.39, 0.29) is 62.3 Å². The number of nitrogens with zero attached hydrogens (tertiary/aromatic N) is 2. The second kappa shape index (κ2) is 9.67. The molecule has 0 fully saturated rings. The Kier molecular flexibility index (Phi) is 7.45. The number of hydrogen-bond acceptors (Lipinski definition) is 3. The second-order valence-electron chi connectivity index (χ2n) is 6.86. The quantitative estimate of drug-likeness (QED) is 0.269. The molecule has 0 atom stereocenters. The first kappa shape index (κ1) is 26.2. The van der Waals surface area contributed by atoms with E-state index in [2.05, 4.69) is 5.10 Å². The van der Waals surface area contributed by atoms with Gasteiger partial charge in [-0.1, -0.05) is 41.4 Å². The molecule has 0 amide bonds. The molecular weight excluding hydrogens is 510 g/mol. The third-order valence-corrected chi connectivity index (χ3v) is 5.48. The van der Waals surface area contributed by atoms with Crippen LogP contribution in [0.2, 0.25) is 10.0 Å². The minimum absolute atomic E-state index is 0. The van der Waals surface area contributed by atoms with Crippen LogP contribution < -0.4 is 0 Å². The molecule has 0 radical (unpaired) electrons. The van der Waals surface area contributed by atoms with Crippen LogP contribution in [0.1, 0.15) is 26.3 Å². The monoisotopic (exact) mass is 520 g/mol. The fourth-order valence-corrected chi connectivity index (χ4v) is 3.92. The van der Waals surface area contributed by atoms with Gasteiger partial charge in [0.05, 0.1) is 37.6 Å². The molecular formula is C22H11Cl2F4N2NaO3. The Labute approximate surface area is 221 Å². The number of hydrogen-bond donors (Lipinski definition) is 1. The number of benzene rings is 3. The average molecular weight is 521 g/mol. The zero-order valence-corrected chi connectivity index (χ0v) is 17.6. The van der Waals surface area contributed by atoms with E-state index in [0.717, 1.165) is 24.3 Å². The molecule has 5 nitrogen and oxygen atoms in total. The molecule has 0 spiro atoms. The van der Waals surface area contributed by atoms with Crippen molar-refractivity contribution in [1.82, 2.24) is 9.78 Å². The number of carboxylic acid groups (broad SMARTS) is 1. The van der Waals surface area contributed by atoms with Crippen molar-refractivity contribution < 1.29 is 32.3 Å². The van der Waals surface area contributed by atoms with Gasteiger partial charge in [0.1, 0.15) is 11.5 Å². The third-order valence-electron chi connectivity index (χ3n) is 4.85. The summed E-state index contributed by atoms with van der Waals surface area (Å²) < 4.78 is 56.0. The van der Waals surface area contributed by atoms with E-state index in [1.54, 1.807) is 0 Å². The normalized spacial score (nSPS) is 11.4. The van der Waals surface area contributed by atoms with Crippen molar-refractivity contribution in [1.29, 1.82) is 0 Å². The Morgan fingerprint density at radius 1 is 0.971 bits per heavy atom. The maximum absolute atomic E-state index is 14.8. The number of aromatic nitrogens is 2. The van der Waals surface area contributed by atoms with Crippen molar-refractivity contribution in [2.45, 2.75) is 6.18 Å². The molecule has 1 heterocycles. The molecule has 4 rings (SSSR count). The van der Waals surface area contributed by atoms with Crippen molar-refractivity contribution >= 4 is 75.5 Å². The molecule has 0 aliphatic rings. The van der Waals surface area contributed by atoms with E-state index in [9.17, 15) is 27.2 Å². The van der Waals surface area contributed by atoms with Crippen LogP contribution in [0.15, 0.2) is 54.6 Å². The van der Waals surface area contributed by atoms with E-state index < -0.39 is 40.0 Å². The predicted octanol–water partition coefficient (Wildman–Crippen LogP) is 5.91. The molecule has 34 heavy (non-hydrogen) atoms. The molecule has 0 bridgehead atoms. The van der Waals surface area contributed by atoms with E-state index in [0.29, 0.717) is 10.7 Å². The standard InChI is InChI=1S/C22H10Cl2F4N2O3.Na.H/c23-13-4-1-3-12(22(26,27)28)17(13)20(31)30-16-6-2-5-15(25)18(16)19(29-30)11-8-7-10(21(32)33)9-14(11)24;;/h1-9H,(H,32,33);;. The second-order valence-corrected chi connectivity index (χ2v) is 7.67. The van der Waals surface area contributed by atoms with E-state index in [1.807, 2.05) is 0 Å². The summed E-state index contributed by atoms with van der Waals surface area (Å²) in [5.41, 5.74) is -2.46. The first-order chi connectivity index (χ1) is 15.5. The zero-order valence-electron chi connectivity index (χ0n) is 16.1. The summed E-state index contributed by atoms with van der Waals surface area (Å²) in [6.45, 7) is 0. The van der Waals surface area contributed by atoms with Crippen molar-refractivity contribution in [3.8, 4) is 11.3 Å². The van der Waals surface area contributed by atoms with Gasteiger partial charge in [-0.15, -0.1) is 0 Å². The summed E-state index contributed by atoms with van der Waals surface area (Å²) in [5, 5.41) is 12.4. The molecule has 4 aromatic rings. The van der Waals surface area contributed by atoms with Gasteiger partial charge in [0.2, 0.25) is 0 Å². The molecule has 0 aliphatic carbocycles. The van der Waals surface area contributed by atoms with Gasteiger partial charge >= 0.3 is 41.7 Å². The number of aromatic carboxylic acids is 1. The van der Waals surface area contributed by atoms with Crippen LogP contribution >= 0.6 is 23.2 Å². The fourth-order valence-electron chi connectivity index (χ4n) is 3.39. The van der Waals surface area contributed by atoms with Crippen LogP contribution in [0.25, 0.3) is 22.2 Å². The molecule has 1 N–H and O–H groups in total. The van der Waals surface area contributed by atoms with Gasteiger partial charge in [-0.2, -0.15) is 23.0 Å². The molecule has 0 saturated carbocycles. The zero-order chi connectivity index (χ0) is 24.1. The van der Waals surface area contributed by atoms with Crippen LogP contribution in [0.5, 0.6) is 0 Å². The van der Waals surface area contributed by atoms with Crippen LogP contribution in [-0.2, 0) is 6.18 Å². The predicted molar refractivity (Wildman–Crippen MR) is 120 cm³/mol. The summed E-state index contributed by atoms with van der Waals surface area (Å²) >= 11 is 12.1. The van der Waals surface area contributed by atoms with Crippen molar-refractivity contribution in [2.75, 3.05) is 0 Å². The Morgan fingerprint density at radius 2 is 1.65 bits per heavy atom. The van der Waals surface area contributed by atoms with Gasteiger partial charge in [-0.3, -0.25) is 4.79 Å². The number of fused-ring (bicyclic) bond motifs is 1. The van der Waals surface area contributed by atoms with E-state index >= 15 is 0 Å². The van der Waals surface area contributed by atoms with Crippen LogP contribution in [0.4, 0.5) is 17.6 Å². The molecule has 0 unspecified atom stereocenters. The van der Waals surface area contributed by atoms with Crippen molar-refractivity contribution in [2.24, 2.45) is 0 Å². The Morgan fingerprint density at radius 3 is 2.26 bits per heavy atom. The van der Waals surface area contributed by atoms with Crippen LogP contribution in [0.3, 0.4) is 0 Å². The molecule has 0 saturated heterocycles. The number of carbonyl (C=O) groups is 2. The van der Waals surface area contributed by atoms with Gasteiger partial charge in [0.15, 0.2) is 0 Å². The SMILES string of the molecule is O=C(O)c1ccc(-c2nn(C(=O)c3c(Cl)cccc3C(F)(F)F)c3cccc(F)c23)c(Cl)c1.[NaH]. The van der Waals surface area contributed by atoms with Crippen LogP contribution in [-0.4, -0.2) is 56.3 Å². The first-order valence-corrected chi connectivity index (χ1v) is 9.87. The molecule has 3 aromatic carbocycles. The van der Waals surface area contributed by atoms with Gasteiger partial charge in [0.25, 0.3) is 5.91 Å². The number of halogens is 6. The van der Waals surface area contributed by atoms with Crippen LogP contribution in [0, 0.1) is 5.82 Å². The summed E-state index contributed by atoms with van der Waals surface area (Å²) in [6.07, 6.45) is -4.89. The van der Waals surface area contributed by atoms with Crippen molar-refractivity contribution in [3.63, 3.8) is 0 Å². The van der Waals surface area contributed by atoms with Gasteiger partial charge in [-0.05, 0) is 36.4 Å². The summed E-state index contributed by atoms with van der Waals surface area (Å²) in [6, 6.07) is 10.1. The van der Waals surface area contributed by atoms with E-state index in [1.165, 1.54) is 24.3 Å². The van der Waals surface area contributed by atoms with Gasteiger partial charge < -0.3 is 5.11 Å². The topological polar surface area (TPSA) is 72.2 Å². The minimum atomic E-state index is -4.89. The molecule has 12 heteroatoms. The Balaban J connectivity index is 0.00000324. The average Bonchev–Trinajstić information content (AvgIpc) is 3.13. The number of alkyl halides is 3. The third kappa shape index (κ3) is 4.58. The Hall–Kier alpha value is -2.43. The molecule has 0 aliphatic heterocycles. The summed E-state index contributed by atoms with van der Waals surface area (Å²) in [5.74, 6) is -3.29. The number of carboxylic acids is 1. The molecule has 170 valence electrons. The van der Waals surface area contributed by atoms with Gasteiger partial charge in [0, 0.05) is 5.56 Å². The molecule has 1 aromatic heterocycles. The maximum atomic E-state index is 14.8. The number of rotatable bonds is 3. The van der Waals surface area contributed by atoms with Gasteiger partial charge in [-0.25, -0.2) is 9.18 Å². The van der Waals surface area contributed by atoms with E-state index in [4.69, 9.17) is 28.3 Å². The first-order valence-electron chi connectivity index (χ1n) is 9.11. The van der Waals surface area contributed by atoms with Crippen molar-refractivity contribution in [3.05, 3.63) is 87.2 Å². The summed E-state index contributed by atoms with van der Waals surface area (Å²) in [7, 11) is 0. The number of carbonyl (C=O) groups excluding carboxylic acids is 1. The summed E-state index contributed by atoms with van der Waals surface area (Å²) in [4.78, 5) is 24.4. The Bertz CT molecular complexity index is 1450.